The zero-order valence-corrected chi connectivity index (χ0v) is 23.7. The SMILES string of the molecule is N/C(=C\c1cc(O)cc2cccc(F)c12)Cc1cc(OC[C@@]23CCCN2C[C@H](F)C3)nc(N2CC3CCC(C2)N3)c1N. The number of aromatic hydroxyl groups is 1. The molecule has 4 atom stereocenters. The van der Waals surface area contributed by atoms with Gasteiger partial charge in [0.05, 0.1) is 11.2 Å². The van der Waals surface area contributed by atoms with Crippen LogP contribution in [0.3, 0.4) is 0 Å². The quantitative estimate of drug-likeness (QED) is 0.333. The van der Waals surface area contributed by atoms with E-state index in [9.17, 15) is 13.9 Å². The number of hydrogen-bond acceptors (Lipinski definition) is 8. The Hall–Kier alpha value is -3.63. The molecule has 4 saturated heterocycles. The number of piperazine rings is 1. The fourth-order valence-corrected chi connectivity index (χ4v) is 7.64. The average molecular weight is 577 g/mol. The number of nitrogens with two attached hydrogens (primary N) is 2. The van der Waals surface area contributed by atoms with Crippen LogP contribution in [0.25, 0.3) is 16.8 Å². The highest BCUT2D eigenvalue weighted by atomic mass is 19.1. The molecule has 4 fully saturated rings. The number of nitrogen functional groups attached to an aromatic ring is 1. The number of allylic oxidation sites excluding steroid dienone is 1. The summed E-state index contributed by atoms with van der Waals surface area (Å²) in [6.45, 7) is 3.33. The van der Waals surface area contributed by atoms with Gasteiger partial charge in [-0.25, -0.2) is 8.78 Å². The van der Waals surface area contributed by atoms with Crippen LogP contribution in [0, 0.1) is 5.82 Å². The minimum atomic E-state index is -0.834. The summed E-state index contributed by atoms with van der Waals surface area (Å²) in [5.74, 6) is 0.775. The Morgan fingerprint density at radius 1 is 1.19 bits per heavy atom. The maximum absolute atomic E-state index is 14.8. The van der Waals surface area contributed by atoms with Crippen LogP contribution in [0.5, 0.6) is 11.6 Å². The van der Waals surface area contributed by atoms with E-state index in [2.05, 4.69) is 15.1 Å². The van der Waals surface area contributed by atoms with Crippen LogP contribution in [-0.2, 0) is 6.42 Å². The minimum absolute atomic E-state index is 0.0321. The third-order valence-electron chi connectivity index (χ3n) is 9.54. The molecule has 0 aliphatic carbocycles. The summed E-state index contributed by atoms with van der Waals surface area (Å²) in [5, 5.41) is 14.9. The summed E-state index contributed by atoms with van der Waals surface area (Å²) in [6.07, 6.45) is 5.81. The lowest BCUT2D eigenvalue weighted by Crippen LogP contribution is -2.51. The summed E-state index contributed by atoms with van der Waals surface area (Å²) < 4.78 is 35.6. The number of aromatic nitrogens is 1. The number of nitrogens with one attached hydrogen (secondary N) is 1. The van der Waals surface area contributed by atoms with Crippen LogP contribution in [-0.4, -0.2) is 71.6 Å². The minimum Gasteiger partial charge on any atom is -0.508 e. The number of benzene rings is 2. The maximum atomic E-state index is 14.8. The van der Waals surface area contributed by atoms with E-state index in [0.29, 0.717) is 71.1 Å². The molecular weight excluding hydrogens is 538 g/mol. The molecule has 2 unspecified atom stereocenters. The van der Waals surface area contributed by atoms with Crippen molar-refractivity contribution in [1.29, 1.82) is 0 Å². The van der Waals surface area contributed by atoms with Crippen LogP contribution in [0.1, 0.15) is 43.2 Å². The number of ether oxygens (including phenoxy) is 1. The van der Waals surface area contributed by atoms with E-state index in [0.717, 1.165) is 50.9 Å². The van der Waals surface area contributed by atoms with Crippen molar-refractivity contribution in [2.75, 3.05) is 43.4 Å². The molecule has 4 aliphatic rings. The highest BCUT2D eigenvalue weighted by molar-refractivity contribution is 5.92. The Labute approximate surface area is 244 Å². The maximum Gasteiger partial charge on any atom is 0.215 e. The molecule has 0 radical (unpaired) electrons. The number of alkyl halides is 1. The standard InChI is InChI=1S/C32H38F2N6O2/c33-22-14-32(7-2-8-40(32)15-22)18-42-28-13-21(30(36)31(38-28)39-16-24-5-6-25(17-39)37-24)10-23(35)9-20-12-26(41)11-19-3-1-4-27(34)29(19)20/h1,3-4,9,11-13,22,24-25,37,41H,2,5-8,10,14-18,35-36H2/b23-9-/t22-,24?,25?,32+/m1/s1. The monoisotopic (exact) mass is 576 g/mol. The Balaban J connectivity index is 1.22. The number of pyridine rings is 1. The van der Waals surface area contributed by atoms with Crippen molar-refractivity contribution < 1.29 is 18.6 Å². The van der Waals surface area contributed by atoms with Crippen LogP contribution >= 0.6 is 0 Å². The molecule has 0 saturated carbocycles. The van der Waals surface area contributed by atoms with Gasteiger partial charge in [-0.05, 0) is 73.0 Å². The molecule has 5 heterocycles. The molecule has 4 aliphatic heterocycles. The van der Waals surface area contributed by atoms with Crippen molar-refractivity contribution in [3.63, 3.8) is 0 Å². The lowest BCUT2D eigenvalue weighted by Gasteiger charge is -2.35. The largest absolute Gasteiger partial charge is 0.508 e. The molecule has 0 spiro atoms. The number of rotatable bonds is 7. The molecule has 7 rings (SSSR count). The second-order valence-corrected chi connectivity index (χ2v) is 12.5. The predicted molar refractivity (Wildman–Crippen MR) is 161 cm³/mol. The first kappa shape index (κ1) is 27.2. The molecule has 2 bridgehead atoms. The number of nitrogens with zero attached hydrogens (tertiary/aromatic N) is 3. The Morgan fingerprint density at radius 2 is 2.00 bits per heavy atom. The summed E-state index contributed by atoms with van der Waals surface area (Å²) in [6, 6.07) is 10.4. The molecule has 6 N–H and O–H groups in total. The van der Waals surface area contributed by atoms with Crippen molar-refractivity contribution in [3.8, 4) is 11.6 Å². The summed E-state index contributed by atoms with van der Waals surface area (Å²) in [5.41, 5.74) is 15.3. The van der Waals surface area contributed by atoms with Crippen LogP contribution < -0.4 is 26.4 Å². The molecule has 0 amide bonds. The van der Waals surface area contributed by atoms with Gasteiger partial charge in [0.1, 0.15) is 24.3 Å². The first-order valence-corrected chi connectivity index (χ1v) is 15.0. The molecule has 3 aromatic rings. The number of halogens is 2. The molecule has 2 aromatic carbocycles. The highest BCUT2D eigenvalue weighted by Gasteiger charge is 2.49. The second kappa shape index (κ2) is 10.6. The van der Waals surface area contributed by atoms with E-state index >= 15 is 0 Å². The molecule has 42 heavy (non-hydrogen) atoms. The van der Waals surface area contributed by atoms with Crippen molar-refractivity contribution in [2.24, 2.45) is 5.73 Å². The Kier molecular flexibility index (Phi) is 6.85. The van der Waals surface area contributed by atoms with Crippen molar-refractivity contribution in [2.45, 2.75) is 62.3 Å². The second-order valence-electron chi connectivity index (χ2n) is 12.5. The van der Waals surface area contributed by atoms with Gasteiger partial charge < -0.3 is 31.5 Å². The third-order valence-corrected chi connectivity index (χ3v) is 9.54. The van der Waals surface area contributed by atoms with Crippen LogP contribution in [0.4, 0.5) is 20.3 Å². The van der Waals surface area contributed by atoms with E-state index in [-0.39, 0.29) is 23.5 Å². The number of anilines is 2. The van der Waals surface area contributed by atoms with Gasteiger partial charge in [-0.1, -0.05) is 12.1 Å². The number of phenolic OH excluding ortho intramolecular Hbond substituents is 1. The molecule has 10 heteroatoms. The van der Waals surface area contributed by atoms with Gasteiger partial charge in [0, 0.05) is 61.7 Å². The highest BCUT2D eigenvalue weighted by Crippen LogP contribution is 2.41. The average Bonchev–Trinajstić information content (AvgIpc) is 3.59. The first-order valence-electron chi connectivity index (χ1n) is 15.0. The molecular formula is C32H38F2N6O2. The van der Waals surface area contributed by atoms with Crippen molar-refractivity contribution >= 4 is 28.4 Å². The van der Waals surface area contributed by atoms with Gasteiger partial charge in [0.25, 0.3) is 0 Å². The van der Waals surface area contributed by atoms with Gasteiger partial charge in [-0.3, -0.25) is 4.90 Å². The fraction of sp³-hybridized carbons (Fsp3) is 0.469. The van der Waals surface area contributed by atoms with E-state index < -0.39 is 6.17 Å². The van der Waals surface area contributed by atoms with Crippen molar-refractivity contribution in [3.05, 3.63) is 59.0 Å². The Bertz CT molecular complexity index is 1540. The zero-order valence-electron chi connectivity index (χ0n) is 23.7. The normalized spacial score (nSPS) is 27.6. The lowest BCUT2D eigenvalue weighted by molar-refractivity contribution is 0.110. The summed E-state index contributed by atoms with van der Waals surface area (Å²) in [4.78, 5) is 9.35. The Morgan fingerprint density at radius 3 is 2.81 bits per heavy atom. The van der Waals surface area contributed by atoms with E-state index in [1.54, 1.807) is 18.2 Å². The number of phenols is 1. The van der Waals surface area contributed by atoms with Gasteiger partial charge in [-0.15, -0.1) is 0 Å². The molecule has 1 aromatic heterocycles. The molecule has 8 nitrogen and oxygen atoms in total. The van der Waals surface area contributed by atoms with Gasteiger partial charge in [0.15, 0.2) is 5.82 Å². The smallest absolute Gasteiger partial charge is 0.215 e. The van der Waals surface area contributed by atoms with Crippen LogP contribution in [0.15, 0.2) is 42.1 Å². The lowest BCUT2D eigenvalue weighted by atomic mass is 9.95. The molecule has 222 valence electrons. The summed E-state index contributed by atoms with van der Waals surface area (Å²) in [7, 11) is 0. The fourth-order valence-electron chi connectivity index (χ4n) is 7.64. The van der Waals surface area contributed by atoms with Gasteiger partial charge in [-0.2, -0.15) is 4.98 Å². The first-order chi connectivity index (χ1) is 20.3. The van der Waals surface area contributed by atoms with Crippen molar-refractivity contribution in [1.82, 2.24) is 15.2 Å². The third kappa shape index (κ3) is 5.00. The topological polar surface area (TPSA) is 113 Å². The van der Waals surface area contributed by atoms with E-state index in [1.807, 2.05) is 6.07 Å². The predicted octanol–water partition coefficient (Wildman–Crippen LogP) is 4.10. The number of hydrogen-bond donors (Lipinski definition) is 4. The van der Waals surface area contributed by atoms with E-state index in [4.69, 9.17) is 21.2 Å². The number of fused-ring (bicyclic) bond motifs is 4. The summed E-state index contributed by atoms with van der Waals surface area (Å²) >= 11 is 0. The van der Waals surface area contributed by atoms with Gasteiger partial charge >= 0.3 is 0 Å². The zero-order chi connectivity index (χ0) is 29.0. The van der Waals surface area contributed by atoms with Gasteiger partial charge in [0.2, 0.25) is 5.88 Å². The van der Waals surface area contributed by atoms with E-state index in [1.165, 1.54) is 18.2 Å². The van der Waals surface area contributed by atoms with Crippen LogP contribution in [0.2, 0.25) is 0 Å².